The zero-order valence-corrected chi connectivity index (χ0v) is 13.9. The molecule has 0 amide bonds. The Labute approximate surface area is 135 Å². The van der Waals surface area contributed by atoms with Crippen LogP contribution in [-0.4, -0.2) is 20.9 Å². The highest BCUT2D eigenvalue weighted by molar-refractivity contribution is 9.10. The first kappa shape index (κ1) is 15.9. The monoisotopic (exact) mass is 372 g/mol. The Morgan fingerprint density at radius 1 is 1.52 bits per heavy atom. The van der Waals surface area contributed by atoms with Crippen LogP contribution in [0.4, 0.5) is 0 Å². The number of carboxylic acid groups (broad SMARTS) is 1. The van der Waals surface area contributed by atoms with Crippen molar-refractivity contribution in [2.45, 2.75) is 20.0 Å². The fraction of sp³-hybridized carbons (Fsp3) is 0.286. The fourth-order valence-corrected chi connectivity index (χ4v) is 2.82. The highest BCUT2D eigenvalue weighted by Crippen LogP contribution is 2.26. The van der Waals surface area contributed by atoms with E-state index >= 15 is 0 Å². The summed E-state index contributed by atoms with van der Waals surface area (Å²) >= 11 is 9.30. The molecule has 0 bridgehead atoms. The van der Waals surface area contributed by atoms with E-state index in [-0.39, 0.29) is 17.9 Å². The number of hydrogen-bond acceptors (Lipinski definition) is 3. The number of carboxylic acids is 1. The number of hydrogen-bond donors (Lipinski definition) is 1. The van der Waals surface area contributed by atoms with E-state index in [1.165, 1.54) is 6.07 Å². The SMILES string of the molecule is CCc1nn(C)c(COc2ccc(Cl)cc2C(=O)O)c1Br. The molecule has 0 aliphatic rings. The van der Waals surface area contributed by atoms with Crippen LogP contribution in [-0.2, 0) is 20.1 Å². The van der Waals surface area contributed by atoms with E-state index in [0.29, 0.717) is 5.02 Å². The largest absolute Gasteiger partial charge is 0.486 e. The van der Waals surface area contributed by atoms with Gasteiger partial charge in [0.15, 0.2) is 0 Å². The van der Waals surface area contributed by atoms with E-state index in [0.717, 1.165) is 22.3 Å². The normalized spacial score (nSPS) is 10.7. The molecule has 1 aromatic carbocycles. The minimum Gasteiger partial charge on any atom is -0.486 e. The van der Waals surface area contributed by atoms with E-state index in [1.807, 2.05) is 14.0 Å². The van der Waals surface area contributed by atoms with Crippen molar-refractivity contribution >= 4 is 33.5 Å². The predicted octanol–water partition coefficient (Wildman–Crippen LogP) is 3.68. The molecular weight excluding hydrogens is 360 g/mol. The molecule has 5 nitrogen and oxygen atoms in total. The van der Waals surface area contributed by atoms with Gasteiger partial charge in [-0.05, 0) is 40.5 Å². The standard InChI is InChI=1S/C14H14BrClN2O3/c1-3-10-13(15)11(18(2)17-10)7-21-12-5-4-8(16)6-9(12)14(19)20/h4-6H,3,7H2,1-2H3,(H,19,20). The quantitative estimate of drug-likeness (QED) is 0.868. The van der Waals surface area contributed by atoms with Gasteiger partial charge in [-0.2, -0.15) is 5.10 Å². The van der Waals surface area contributed by atoms with Crippen molar-refractivity contribution in [2.24, 2.45) is 7.05 Å². The summed E-state index contributed by atoms with van der Waals surface area (Å²) in [6, 6.07) is 4.52. The highest BCUT2D eigenvalue weighted by atomic mass is 79.9. The maximum absolute atomic E-state index is 11.2. The van der Waals surface area contributed by atoms with Gasteiger partial charge in [-0.15, -0.1) is 0 Å². The Bertz CT molecular complexity index is 685. The molecule has 0 aliphatic carbocycles. The minimum atomic E-state index is -1.08. The van der Waals surface area contributed by atoms with Crippen molar-refractivity contribution in [3.05, 3.63) is 44.6 Å². The van der Waals surface area contributed by atoms with Gasteiger partial charge in [0.05, 0.1) is 15.9 Å². The second kappa shape index (κ2) is 6.49. The van der Waals surface area contributed by atoms with Crippen LogP contribution in [0.15, 0.2) is 22.7 Å². The summed E-state index contributed by atoms with van der Waals surface area (Å²) < 4.78 is 8.24. The third-order valence-electron chi connectivity index (χ3n) is 3.04. The first-order valence-corrected chi connectivity index (χ1v) is 7.47. The van der Waals surface area contributed by atoms with Gasteiger partial charge in [0.1, 0.15) is 17.9 Å². The van der Waals surface area contributed by atoms with Crippen molar-refractivity contribution in [3.63, 3.8) is 0 Å². The van der Waals surface area contributed by atoms with Crippen molar-refractivity contribution in [1.29, 1.82) is 0 Å². The summed E-state index contributed by atoms with van der Waals surface area (Å²) in [6.07, 6.45) is 0.801. The van der Waals surface area contributed by atoms with Gasteiger partial charge < -0.3 is 9.84 Å². The average molecular weight is 374 g/mol. The number of aryl methyl sites for hydroxylation is 2. The van der Waals surface area contributed by atoms with Gasteiger partial charge in [0.2, 0.25) is 0 Å². The number of rotatable bonds is 5. The van der Waals surface area contributed by atoms with E-state index in [4.69, 9.17) is 16.3 Å². The minimum absolute atomic E-state index is 0.0384. The molecule has 0 aliphatic heterocycles. The van der Waals surface area contributed by atoms with Gasteiger partial charge in [-0.3, -0.25) is 4.68 Å². The fourth-order valence-electron chi connectivity index (χ4n) is 1.92. The summed E-state index contributed by atoms with van der Waals surface area (Å²) in [6.45, 7) is 2.23. The average Bonchev–Trinajstić information content (AvgIpc) is 2.72. The van der Waals surface area contributed by atoms with Crippen LogP contribution in [0.1, 0.15) is 28.7 Å². The zero-order chi connectivity index (χ0) is 15.6. The molecule has 0 fully saturated rings. The molecule has 112 valence electrons. The Hall–Kier alpha value is -1.53. The van der Waals surface area contributed by atoms with E-state index in [1.54, 1.807) is 16.8 Å². The van der Waals surface area contributed by atoms with Crippen LogP contribution in [0.3, 0.4) is 0 Å². The van der Waals surface area contributed by atoms with Gasteiger partial charge in [0.25, 0.3) is 0 Å². The van der Waals surface area contributed by atoms with Crippen molar-refractivity contribution in [1.82, 2.24) is 9.78 Å². The number of benzene rings is 1. The number of aromatic carboxylic acids is 1. The molecule has 0 saturated carbocycles. The first-order valence-electron chi connectivity index (χ1n) is 6.30. The molecule has 1 aromatic heterocycles. The third-order valence-corrected chi connectivity index (χ3v) is 4.19. The van der Waals surface area contributed by atoms with Crippen LogP contribution >= 0.6 is 27.5 Å². The molecule has 2 rings (SSSR count). The molecule has 0 radical (unpaired) electrons. The van der Waals surface area contributed by atoms with Crippen LogP contribution in [0, 0.1) is 0 Å². The maximum atomic E-state index is 11.2. The molecule has 7 heteroatoms. The molecule has 21 heavy (non-hydrogen) atoms. The van der Waals surface area contributed by atoms with Gasteiger partial charge in [-0.25, -0.2) is 4.79 Å². The second-order valence-corrected chi connectivity index (χ2v) is 5.65. The summed E-state index contributed by atoms with van der Waals surface area (Å²) in [5.74, 6) is -0.802. The number of halogens is 2. The lowest BCUT2D eigenvalue weighted by Gasteiger charge is -2.10. The number of aromatic nitrogens is 2. The molecular formula is C14H14BrClN2O3. The van der Waals surface area contributed by atoms with Crippen LogP contribution in [0.25, 0.3) is 0 Å². The van der Waals surface area contributed by atoms with Crippen LogP contribution in [0.5, 0.6) is 5.75 Å². The van der Waals surface area contributed by atoms with E-state index < -0.39 is 5.97 Å². The van der Waals surface area contributed by atoms with Crippen LogP contribution < -0.4 is 4.74 Å². The smallest absolute Gasteiger partial charge is 0.339 e. The molecule has 0 saturated heterocycles. The summed E-state index contributed by atoms with van der Waals surface area (Å²) in [7, 11) is 1.82. The maximum Gasteiger partial charge on any atom is 0.339 e. The molecule has 1 heterocycles. The van der Waals surface area contributed by atoms with Gasteiger partial charge in [0, 0.05) is 12.1 Å². The van der Waals surface area contributed by atoms with Gasteiger partial charge in [-0.1, -0.05) is 18.5 Å². The van der Waals surface area contributed by atoms with E-state index in [2.05, 4.69) is 21.0 Å². The summed E-state index contributed by atoms with van der Waals surface area (Å²) in [5.41, 5.74) is 1.82. The molecule has 2 aromatic rings. The number of nitrogens with zero attached hydrogens (tertiary/aromatic N) is 2. The highest BCUT2D eigenvalue weighted by Gasteiger charge is 2.16. The molecule has 0 unspecified atom stereocenters. The molecule has 0 spiro atoms. The second-order valence-electron chi connectivity index (χ2n) is 4.42. The number of carbonyl (C=O) groups is 1. The lowest BCUT2D eigenvalue weighted by Crippen LogP contribution is -2.07. The zero-order valence-electron chi connectivity index (χ0n) is 11.6. The van der Waals surface area contributed by atoms with Gasteiger partial charge >= 0.3 is 5.97 Å². The van der Waals surface area contributed by atoms with Crippen molar-refractivity contribution in [3.8, 4) is 5.75 Å². The topological polar surface area (TPSA) is 64.4 Å². The molecule has 0 atom stereocenters. The van der Waals surface area contributed by atoms with Crippen LogP contribution in [0.2, 0.25) is 5.02 Å². The predicted molar refractivity (Wildman–Crippen MR) is 83.0 cm³/mol. The lowest BCUT2D eigenvalue weighted by molar-refractivity contribution is 0.0691. The van der Waals surface area contributed by atoms with Crippen molar-refractivity contribution < 1.29 is 14.6 Å². The van der Waals surface area contributed by atoms with E-state index in [9.17, 15) is 9.90 Å². The lowest BCUT2D eigenvalue weighted by atomic mass is 10.2. The Kier molecular flexibility index (Phi) is 4.90. The Morgan fingerprint density at radius 2 is 2.24 bits per heavy atom. The molecule has 1 N–H and O–H groups in total. The Balaban J connectivity index is 2.25. The Morgan fingerprint density at radius 3 is 2.81 bits per heavy atom. The first-order chi connectivity index (χ1) is 9.93. The number of ether oxygens (including phenoxy) is 1. The van der Waals surface area contributed by atoms with Crippen molar-refractivity contribution in [2.75, 3.05) is 0 Å². The summed E-state index contributed by atoms with van der Waals surface area (Å²) in [4.78, 5) is 11.2. The summed E-state index contributed by atoms with van der Waals surface area (Å²) in [5, 5.41) is 13.9. The third kappa shape index (κ3) is 3.39.